The van der Waals surface area contributed by atoms with E-state index in [1.807, 2.05) is 6.92 Å². The molecule has 0 aromatic heterocycles. The second-order valence-electron chi connectivity index (χ2n) is 5.95. The summed E-state index contributed by atoms with van der Waals surface area (Å²) in [7, 11) is 3.06. The Kier molecular flexibility index (Phi) is 8.50. The van der Waals surface area contributed by atoms with Crippen molar-refractivity contribution in [1.82, 2.24) is 5.43 Å². The van der Waals surface area contributed by atoms with Crippen molar-refractivity contribution in [3.63, 3.8) is 0 Å². The molecular weight excluding hydrogens is 374 g/mol. The Morgan fingerprint density at radius 1 is 1.00 bits per heavy atom. The number of benzene rings is 2. The van der Waals surface area contributed by atoms with Gasteiger partial charge in [-0.1, -0.05) is 25.1 Å². The lowest BCUT2D eigenvalue weighted by molar-refractivity contribution is -0.126. The third kappa shape index (κ3) is 6.53. The van der Waals surface area contributed by atoms with E-state index in [4.69, 9.17) is 14.2 Å². The van der Waals surface area contributed by atoms with Crippen LogP contribution in [0.3, 0.4) is 0 Å². The van der Waals surface area contributed by atoms with Gasteiger partial charge in [-0.2, -0.15) is 5.10 Å². The van der Waals surface area contributed by atoms with Gasteiger partial charge in [0.1, 0.15) is 12.2 Å². The van der Waals surface area contributed by atoms with E-state index in [2.05, 4.69) is 15.8 Å². The van der Waals surface area contributed by atoms with Gasteiger partial charge in [-0.15, -0.1) is 0 Å². The van der Waals surface area contributed by atoms with Crippen LogP contribution in [0.2, 0.25) is 0 Å². The smallest absolute Gasteiger partial charge is 0.249 e. The van der Waals surface area contributed by atoms with Gasteiger partial charge in [0.15, 0.2) is 11.5 Å². The van der Waals surface area contributed by atoms with Crippen LogP contribution in [-0.4, -0.2) is 38.9 Å². The fourth-order valence-corrected chi connectivity index (χ4v) is 2.46. The van der Waals surface area contributed by atoms with Gasteiger partial charge in [0, 0.05) is 5.56 Å². The minimum Gasteiger partial charge on any atom is -0.495 e. The van der Waals surface area contributed by atoms with Gasteiger partial charge in [-0.3, -0.25) is 9.59 Å². The third-order valence-electron chi connectivity index (χ3n) is 3.77. The van der Waals surface area contributed by atoms with Crippen molar-refractivity contribution < 1.29 is 23.8 Å². The molecule has 2 aromatic rings. The predicted octanol–water partition coefficient (Wildman–Crippen LogP) is 2.97. The van der Waals surface area contributed by atoms with E-state index >= 15 is 0 Å². The largest absolute Gasteiger partial charge is 0.495 e. The lowest BCUT2D eigenvalue weighted by Gasteiger charge is -2.12. The van der Waals surface area contributed by atoms with Crippen LogP contribution in [0.4, 0.5) is 5.69 Å². The molecule has 2 rings (SSSR count). The Morgan fingerprint density at radius 2 is 1.72 bits per heavy atom. The van der Waals surface area contributed by atoms with Crippen molar-refractivity contribution in [3.8, 4) is 17.2 Å². The Balaban J connectivity index is 1.95. The van der Waals surface area contributed by atoms with E-state index in [0.29, 0.717) is 35.1 Å². The predicted molar refractivity (Wildman–Crippen MR) is 111 cm³/mol. The summed E-state index contributed by atoms with van der Waals surface area (Å²) in [4.78, 5) is 24.1. The number of hydrogen-bond acceptors (Lipinski definition) is 6. The lowest BCUT2D eigenvalue weighted by atomic mass is 10.2. The molecule has 0 aliphatic carbocycles. The Bertz CT molecular complexity index is 867. The van der Waals surface area contributed by atoms with Crippen LogP contribution in [0.5, 0.6) is 17.2 Å². The summed E-state index contributed by atoms with van der Waals surface area (Å²) < 4.78 is 16.2. The molecule has 0 heterocycles. The van der Waals surface area contributed by atoms with Crippen LogP contribution >= 0.6 is 0 Å². The normalized spacial score (nSPS) is 10.4. The first kappa shape index (κ1) is 21.7. The molecule has 2 amide bonds. The van der Waals surface area contributed by atoms with Gasteiger partial charge < -0.3 is 19.5 Å². The van der Waals surface area contributed by atoms with Crippen LogP contribution in [0.15, 0.2) is 47.6 Å². The summed E-state index contributed by atoms with van der Waals surface area (Å²) in [5, 5.41) is 6.55. The highest BCUT2D eigenvalue weighted by Gasteiger charge is 2.12. The molecule has 0 saturated carbocycles. The van der Waals surface area contributed by atoms with Gasteiger partial charge in [-0.05, 0) is 30.7 Å². The summed E-state index contributed by atoms with van der Waals surface area (Å²) in [5.74, 6) is 0.605. The van der Waals surface area contributed by atoms with E-state index in [0.717, 1.165) is 6.42 Å². The molecule has 0 aliphatic heterocycles. The Labute approximate surface area is 169 Å². The van der Waals surface area contributed by atoms with Crippen LogP contribution < -0.4 is 25.0 Å². The number of hydrogen-bond donors (Lipinski definition) is 2. The average molecular weight is 399 g/mol. The summed E-state index contributed by atoms with van der Waals surface area (Å²) in [6.45, 7) is 2.52. The molecular formula is C21H25N3O5. The number of nitrogens with zero attached hydrogens (tertiary/aromatic N) is 1. The molecule has 8 nitrogen and oxygen atoms in total. The maximum Gasteiger partial charge on any atom is 0.249 e. The molecule has 2 aromatic carbocycles. The molecule has 0 spiro atoms. The zero-order valence-electron chi connectivity index (χ0n) is 16.7. The van der Waals surface area contributed by atoms with E-state index in [-0.39, 0.29) is 6.42 Å². The molecule has 0 fully saturated rings. The number of nitrogens with one attached hydrogen (secondary N) is 2. The van der Waals surface area contributed by atoms with Crippen molar-refractivity contribution in [2.75, 3.05) is 26.1 Å². The van der Waals surface area contributed by atoms with Crippen molar-refractivity contribution >= 4 is 23.7 Å². The highest BCUT2D eigenvalue weighted by atomic mass is 16.5. The molecule has 154 valence electrons. The monoisotopic (exact) mass is 399 g/mol. The second kappa shape index (κ2) is 11.3. The zero-order chi connectivity index (χ0) is 21.1. The number of ether oxygens (including phenoxy) is 3. The first-order chi connectivity index (χ1) is 14.1. The molecule has 29 heavy (non-hydrogen) atoms. The zero-order valence-corrected chi connectivity index (χ0v) is 16.7. The minimum atomic E-state index is -0.549. The van der Waals surface area contributed by atoms with Crippen LogP contribution in [0.25, 0.3) is 0 Å². The Hall–Kier alpha value is -3.55. The van der Waals surface area contributed by atoms with Gasteiger partial charge in [0.05, 0.1) is 32.7 Å². The second-order valence-corrected chi connectivity index (χ2v) is 5.95. The highest BCUT2D eigenvalue weighted by molar-refractivity contribution is 6.04. The van der Waals surface area contributed by atoms with Gasteiger partial charge in [0.25, 0.3) is 0 Å². The molecule has 0 radical (unpaired) electrons. The number of hydrazone groups is 1. The highest BCUT2D eigenvalue weighted by Crippen LogP contribution is 2.30. The number of rotatable bonds is 10. The first-order valence-corrected chi connectivity index (χ1v) is 9.13. The average Bonchev–Trinajstić information content (AvgIpc) is 2.72. The van der Waals surface area contributed by atoms with Crippen LogP contribution in [0.1, 0.15) is 25.3 Å². The van der Waals surface area contributed by atoms with Crippen molar-refractivity contribution in [1.29, 1.82) is 0 Å². The fraction of sp³-hybridized carbons (Fsp3) is 0.286. The standard InChI is InChI=1S/C21H25N3O5/c1-4-12-29-21-15(8-7-11-18(21)28-3)14-22-24-20(26)13-19(25)23-16-9-5-6-10-17(16)27-2/h5-11,14H,4,12-13H2,1-3H3,(H,23,25)(H,24,26). The molecule has 2 N–H and O–H groups in total. The van der Waals surface area contributed by atoms with E-state index < -0.39 is 11.8 Å². The summed E-state index contributed by atoms with van der Waals surface area (Å²) in [5.41, 5.74) is 3.48. The molecule has 8 heteroatoms. The maximum atomic E-state index is 12.1. The summed E-state index contributed by atoms with van der Waals surface area (Å²) >= 11 is 0. The van der Waals surface area contributed by atoms with E-state index in [9.17, 15) is 9.59 Å². The number of para-hydroxylation sites is 3. The lowest BCUT2D eigenvalue weighted by Crippen LogP contribution is -2.24. The first-order valence-electron chi connectivity index (χ1n) is 9.13. The molecule has 0 unspecified atom stereocenters. The summed E-state index contributed by atoms with van der Waals surface area (Å²) in [6.07, 6.45) is 1.91. The quantitative estimate of drug-likeness (QED) is 0.364. The molecule has 0 aliphatic rings. The Morgan fingerprint density at radius 3 is 2.45 bits per heavy atom. The van der Waals surface area contributed by atoms with Gasteiger partial charge in [0.2, 0.25) is 11.8 Å². The number of anilines is 1. The molecule has 0 atom stereocenters. The van der Waals surface area contributed by atoms with Crippen molar-refractivity contribution in [3.05, 3.63) is 48.0 Å². The van der Waals surface area contributed by atoms with E-state index in [1.165, 1.54) is 13.3 Å². The van der Waals surface area contributed by atoms with E-state index in [1.54, 1.807) is 49.6 Å². The van der Waals surface area contributed by atoms with Crippen molar-refractivity contribution in [2.24, 2.45) is 5.10 Å². The van der Waals surface area contributed by atoms with Gasteiger partial charge >= 0.3 is 0 Å². The maximum absolute atomic E-state index is 12.1. The summed E-state index contributed by atoms with van der Waals surface area (Å²) in [6, 6.07) is 12.3. The number of methoxy groups -OCH3 is 2. The number of carbonyl (C=O) groups is 2. The number of amides is 2. The van der Waals surface area contributed by atoms with Crippen LogP contribution in [0, 0.1) is 0 Å². The third-order valence-corrected chi connectivity index (χ3v) is 3.77. The van der Waals surface area contributed by atoms with Gasteiger partial charge in [-0.25, -0.2) is 5.43 Å². The fourth-order valence-electron chi connectivity index (χ4n) is 2.46. The molecule has 0 bridgehead atoms. The van der Waals surface area contributed by atoms with Crippen molar-refractivity contribution in [2.45, 2.75) is 19.8 Å². The van der Waals surface area contributed by atoms with Crippen LogP contribution in [-0.2, 0) is 9.59 Å². The molecule has 0 saturated heterocycles. The SMILES string of the molecule is CCCOc1c(C=NNC(=O)CC(=O)Nc2ccccc2OC)cccc1OC. The minimum absolute atomic E-state index is 0.382. The number of carbonyl (C=O) groups excluding carboxylic acids is 2. The topological polar surface area (TPSA) is 98.2 Å².